The lowest BCUT2D eigenvalue weighted by Crippen LogP contribution is -2.26. The molecule has 2 nitrogen and oxygen atoms in total. The fourth-order valence-electron chi connectivity index (χ4n) is 1.29. The van der Waals surface area contributed by atoms with Crippen LogP contribution in [0.25, 0.3) is 12.0 Å². The lowest BCUT2D eigenvalue weighted by atomic mass is 10.2. The van der Waals surface area contributed by atoms with E-state index < -0.39 is 0 Å². The Bertz CT molecular complexity index is 473. The van der Waals surface area contributed by atoms with Crippen molar-refractivity contribution in [3.05, 3.63) is 52.5 Å². The molecule has 0 bridgehead atoms. The number of nitrogens with zero attached hydrogens (tertiary/aromatic N) is 1. The summed E-state index contributed by atoms with van der Waals surface area (Å²) < 4.78 is 1.91. The van der Waals surface area contributed by atoms with Gasteiger partial charge in [0.25, 0.3) is 0 Å². The van der Waals surface area contributed by atoms with Crippen LogP contribution in [0.3, 0.4) is 0 Å². The topological polar surface area (TPSA) is 24.1 Å². The summed E-state index contributed by atoms with van der Waals surface area (Å²) in [5, 5.41) is 11.9. The van der Waals surface area contributed by atoms with Crippen LogP contribution in [-0.2, 0) is 0 Å². The van der Waals surface area contributed by atoms with Crippen LogP contribution < -0.4 is 4.57 Å². The highest BCUT2D eigenvalue weighted by molar-refractivity contribution is 7.07. The molecule has 0 radical (unpaired) electrons. The molecule has 1 heterocycles. The molecule has 0 atom stereocenters. The molecule has 2 rings (SSSR count). The summed E-state index contributed by atoms with van der Waals surface area (Å²) in [6.45, 7) is 2.01. The van der Waals surface area contributed by atoms with Gasteiger partial charge in [-0.15, -0.1) is 0 Å². The van der Waals surface area contributed by atoms with Crippen LogP contribution in [0.5, 0.6) is 0 Å². The third-order valence-corrected chi connectivity index (χ3v) is 2.98. The second-order valence-electron chi connectivity index (χ2n) is 3.29. The summed E-state index contributed by atoms with van der Waals surface area (Å²) in [5.74, 6) is 0.280. The number of aryl methyl sites for hydroxylation is 1. The number of benzene rings is 1. The first-order valence-corrected chi connectivity index (χ1v) is 5.62. The number of aliphatic hydroxyl groups excluding tert-OH is 1. The first-order valence-electron chi connectivity index (χ1n) is 4.67. The highest BCUT2D eigenvalue weighted by atomic mass is 32.1. The Balaban J connectivity index is 2.33. The number of aromatic nitrogens is 1. The predicted molar refractivity (Wildman–Crippen MR) is 62.5 cm³/mol. The Morgan fingerprint density at radius 1 is 1.33 bits per heavy atom. The quantitative estimate of drug-likeness (QED) is 0.608. The smallest absolute Gasteiger partial charge is 0.230 e. The van der Waals surface area contributed by atoms with Crippen LogP contribution in [-0.4, -0.2) is 5.11 Å². The van der Waals surface area contributed by atoms with E-state index in [0.29, 0.717) is 0 Å². The van der Waals surface area contributed by atoms with Gasteiger partial charge < -0.3 is 5.11 Å². The molecular weight excluding hydrogens is 206 g/mol. The van der Waals surface area contributed by atoms with Crippen molar-refractivity contribution in [1.82, 2.24) is 0 Å². The average Bonchev–Trinajstić information content (AvgIpc) is 2.66. The molecule has 0 fully saturated rings. The van der Waals surface area contributed by atoms with Gasteiger partial charge in [-0.2, -0.15) is 4.57 Å². The Hall–Kier alpha value is -1.61. The average molecular weight is 218 g/mol. The standard InChI is InChI=1S/C12H11NOS/c1-10-8-15-9-13(10)7-12(14)11-5-3-2-4-6-11/h2-9H,1H3/p+1/b12-7-. The summed E-state index contributed by atoms with van der Waals surface area (Å²) in [6.07, 6.45) is 1.72. The van der Waals surface area contributed by atoms with Crippen LogP contribution in [0.1, 0.15) is 11.3 Å². The number of thiazole rings is 1. The molecule has 3 heteroatoms. The number of hydrogen-bond donors (Lipinski definition) is 1. The molecule has 2 aromatic rings. The van der Waals surface area contributed by atoms with Gasteiger partial charge in [-0.3, -0.25) is 0 Å². The highest BCUT2D eigenvalue weighted by Crippen LogP contribution is 2.10. The van der Waals surface area contributed by atoms with Gasteiger partial charge >= 0.3 is 0 Å². The zero-order valence-electron chi connectivity index (χ0n) is 8.42. The van der Waals surface area contributed by atoms with Crippen molar-refractivity contribution >= 4 is 23.3 Å². The normalized spacial score (nSPS) is 11.7. The van der Waals surface area contributed by atoms with E-state index in [1.165, 1.54) is 0 Å². The maximum atomic E-state index is 9.86. The highest BCUT2D eigenvalue weighted by Gasteiger charge is 2.07. The van der Waals surface area contributed by atoms with E-state index in [0.717, 1.165) is 11.3 Å². The van der Waals surface area contributed by atoms with E-state index in [2.05, 4.69) is 0 Å². The monoisotopic (exact) mass is 218 g/mol. The number of hydrogen-bond acceptors (Lipinski definition) is 2. The fourth-order valence-corrected chi connectivity index (χ4v) is 2.02. The van der Waals surface area contributed by atoms with Crippen LogP contribution >= 0.6 is 11.3 Å². The number of rotatable bonds is 2. The van der Waals surface area contributed by atoms with Gasteiger partial charge in [-0.05, 0) is 0 Å². The molecule has 15 heavy (non-hydrogen) atoms. The minimum atomic E-state index is 0.280. The third-order valence-electron chi connectivity index (χ3n) is 2.15. The molecule has 0 aliphatic heterocycles. The Kier molecular flexibility index (Phi) is 2.83. The molecule has 1 aromatic heterocycles. The molecule has 0 unspecified atom stereocenters. The SMILES string of the molecule is Cc1csc[n+]1/C=C(\O)c1ccccc1. The van der Waals surface area contributed by atoms with E-state index in [1.807, 2.05) is 52.7 Å². The van der Waals surface area contributed by atoms with E-state index >= 15 is 0 Å². The van der Waals surface area contributed by atoms with Crippen LogP contribution in [0, 0.1) is 6.92 Å². The molecule has 0 aliphatic carbocycles. The Morgan fingerprint density at radius 3 is 2.67 bits per heavy atom. The van der Waals surface area contributed by atoms with Crippen LogP contribution in [0.15, 0.2) is 41.2 Å². The van der Waals surface area contributed by atoms with E-state index in [4.69, 9.17) is 0 Å². The van der Waals surface area contributed by atoms with Gasteiger partial charge in [0.15, 0.2) is 11.5 Å². The lowest BCUT2D eigenvalue weighted by Gasteiger charge is -1.95. The first-order chi connectivity index (χ1) is 7.27. The van der Waals surface area contributed by atoms with Crippen molar-refractivity contribution in [1.29, 1.82) is 0 Å². The van der Waals surface area contributed by atoms with E-state index in [1.54, 1.807) is 17.5 Å². The minimum Gasteiger partial charge on any atom is -0.502 e. The molecule has 0 amide bonds. The lowest BCUT2D eigenvalue weighted by molar-refractivity contribution is -0.569. The van der Waals surface area contributed by atoms with Gasteiger partial charge in [0.1, 0.15) is 0 Å². The fraction of sp³-hybridized carbons (Fsp3) is 0.0833. The van der Waals surface area contributed by atoms with Gasteiger partial charge in [0.2, 0.25) is 11.7 Å². The maximum absolute atomic E-state index is 9.86. The molecule has 0 aliphatic rings. The van der Waals surface area contributed by atoms with Crippen molar-refractivity contribution in [3.63, 3.8) is 0 Å². The van der Waals surface area contributed by atoms with E-state index in [9.17, 15) is 5.11 Å². The molecule has 76 valence electrons. The maximum Gasteiger partial charge on any atom is 0.230 e. The van der Waals surface area contributed by atoms with Crippen molar-refractivity contribution < 1.29 is 9.67 Å². The summed E-state index contributed by atoms with van der Waals surface area (Å²) in [5.41, 5.74) is 3.90. The van der Waals surface area contributed by atoms with Crippen molar-refractivity contribution in [2.75, 3.05) is 0 Å². The Labute approximate surface area is 92.8 Å². The number of aliphatic hydroxyl groups is 1. The summed E-state index contributed by atoms with van der Waals surface area (Å²) >= 11 is 1.61. The van der Waals surface area contributed by atoms with Gasteiger partial charge in [-0.1, -0.05) is 41.7 Å². The summed E-state index contributed by atoms with van der Waals surface area (Å²) in [7, 11) is 0. The summed E-state index contributed by atoms with van der Waals surface area (Å²) in [4.78, 5) is 0. The largest absolute Gasteiger partial charge is 0.502 e. The van der Waals surface area contributed by atoms with Crippen LogP contribution in [0.4, 0.5) is 0 Å². The molecule has 1 N–H and O–H groups in total. The van der Waals surface area contributed by atoms with E-state index in [-0.39, 0.29) is 5.76 Å². The van der Waals surface area contributed by atoms with Crippen molar-refractivity contribution in [2.24, 2.45) is 0 Å². The second kappa shape index (κ2) is 4.28. The molecule has 0 spiro atoms. The zero-order valence-corrected chi connectivity index (χ0v) is 9.24. The van der Waals surface area contributed by atoms with Crippen molar-refractivity contribution in [2.45, 2.75) is 6.92 Å². The molecular formula is C12H12NOS+. The van der Waals surface area contributed by atoms with Crippen LogP contribution in [0.2, 0.25) is 0 Å². The minimum absolute atomic E-state index is 0.280. The second-order valence-corrected chi connectivity index (χ2v) is 4.01. The van der Waals surface area contributed by atoms with Crippen molar-refractivity contribution in [3.8, 4) is 0 Å². The zero-order chi connectivity index (χ0) is 10.7. The molecule has 0 saturated carbocycles. The molecule has 0 saturated heterocycles. The third kappa shape index (κ3) is 2.25. The Morgan fingerprint density at radius 2 is 2.07 bits per heavy atom. The predicted octanol–water partition coefficient (Wildman–Crippen LogP) is 2.86. The van der Waals surface area contributed by atoms with Gasteiger partial charge in [0, 0.05) is 12.5 Å². The molecule has 1 aromatic carbocycles. The van der Waals surface area contributed by atoms with Gasteiger partial charge in [-0.25, -0.2) is 0 Å². The van der Waals surface area contributed by atoms with Gasteiger partial charge in [0.05, 0.1) is 5.38 Å². The summed E-state index contributed by atoms with van der Waals surface area (Å²) in [6, 6.07) is 9.51. The first kappa shape index (κ1) is 9.93.